The van der Waals surface area contributed by atoms with Crippen LogP contribution in [0.1, 0.15) is 23.8 Å². The van der Waals surface area contributed by atoms with Gasteiger partial charge in [0.25, 0.3) is 0 Å². The van der Waals surface area contributed by atoms with E-state index in [9.17, 15) is 0 Å². The summed E-state index contributed by atoms with van der Waals surface area (Å²) in [7, 11) is 2.06. The van der Waals surface area contributed by atoms with Crippen LogP contribution >= 0.6 is 11.6 Å². The maximum Gasteiger partial charge on any atom is 0.105 e. The highest BCUT2D eigenvalue weighted by Gasteiger charge is 2.13. The number of furan rings is 1. The Kier molecular flexibility index (Phi) is 5.10. The molecule has 1 aromatic heterocycles. The van der Waals surface area contributed by atoms with Gasteiger partial charge in [-0.15, -0.1) is 0 Å². The van der Waals surface area contributed by atoms with Gasteiger partial charge < -0.3 is 14.6 Å². The Morgan fingerprint density at radius 2 is 2.05 bits per heavy atom. The summed E-state index contributed by atoms with van der Waals surface area (Å²) in [5.41, 5.74) is 3.47. The molecule has 0 atom stereocenters. The Morgan fingerprint density at radius 3 is 2.70 bits per heavy atom. The molecule has 1 heterocycles. The van der Waals surface area contributed by atoms with Crippen LogP contribution in [0.4, 0.5) is 5.69 Å². The van der Waals surface area contributed by atoms with Crippen LogP contribution in [-0.2, 0) is 13.1 Å². The van der Waals surface area contributed by atoms with Crippen molar-refractivity contribution in [2.45, 2.75) is 26.9 Å². The summed E-state index contributed by atoms with van der Waals surface area (Å²) < 4.78 is 5.35. The predicted octanol–water partition coefficient (Wildman–Crippen LogP) is 3.99. The predicted molar refractivity (Wildman–Crippen MR) is 84.4 cm³/mol. The molecular formula is C16H21ClN2O. The normalized spacial score (nSPS) is 10.8. The standard InChI is InChI=1S/C16H21ClN2O/c1-4-18-10-13-6-5-7-15(17)16(13)19(3)11-14-8-9-20-12(14)2/h5-9,18H,4,10-11H2,1-3H3. The minimum atomic E-state index is 0.782. The highest BCUT2D eigenvalue weighted by atomic mass is 35.5. The van der Waals surface area contributed by atoms with E-state index in [1.165, 1.54) is 11.1 Å². The molecule has 0 bridgehead atoms. The Labute approximate surface area is 125 Å². The van der Waals surface area contributed by atoms with Gasteiger partial charge in [-0.3, -0.25) is 0 Å². The smallest absolute Gasteiger partial charge is 0.105 e. The zero-order valence-corrected chi connectivity index (χ0v) is 13.0. The number of halogens is 1. The van der Waals surface area contributed by atoms with Crippen LogP contribution in [0.3, 0.4) is 0 Å². The number of hydrogen-bond donors (Lipinski definition) is 1. The van der Waals surface area contributed by atoms with Gasteiger partial charge in [-0.1, -0.05) is 30.7 Å². The van der Waals surface area contributed by atoms with Crippen molar-refractivity contribution in [1.82, 2.24) is 5.32 Å². The Morgan fingerprint density at radius 1 is 1.25 bits per heavy atom. The molecule has 3 nitrogen and oxygen atoms in total. The Balaban J connectivity index is 2.24. The van der Waals surface area contributed by atoms with E-state index in [0.717, 1.165) is 36.1 Å². The number of aryl methyl sites for hydroxylation is 1. The van der Waals surface area contributed by atoms with Gasteiger partial charge in [0.05, 0.1) is 17.0 Å². The number of anilines is 1. The highest BCUT2D eigenvalue weighted by Crippen LogP contribution is 2.30. The van der Waals surface area contributed by atoms with E-state index in [1.807, 2.05) is 25.1 Å². The van der Waals surface area contributed by atoms with E-state index in [2.05, 4.69) is 30.3 Å². The number of nitrogens with one attached hydrogen (secondary N) is 1. The molecule has 4 heteroatoms. The minimum absolute atomic E-state index is 0.782. The average Bonchev–Trinajstić information content (AvgIpc) is 2.81. The van der Waals surface area contributed by atoms with Crippen molar-refractivity contribution in [3.63, 3.8) is 0 Å². The van der Waals surface area contributed by atoms with Gasteiger partial charge >= 0.3 is 0 Å². The summed E-state index contributed by atoms with van der Waals surface area (Å²) in [6.07, 6.45) is 1.73. The van der Waals surface area contributed by atoms with E-state index in [-0.39, 0.29) is 0 Å². The zero-order chi connectivity index (χ0) is 14.5. The van der Waals surface area contributed by atoms with Crippen molar-refractivity contribution in [1.29, 1.82) is 0 Å². The minimum Gasteiger partial charge on any atom is -0.469 e. The molecule has 108 valence electrons. The molecule has 0 unspecified atom stereocenters. The second-order valence-corrected chi connectivity index (χ2v) is 5.29. The largest absolute Gasteiger partial charge is 0.469 e. The maximum atomic E-state index is 6.39. The first-order chi connectivity index (χ1) is 9.63. The van der Waals surface area contributed by atoms with Crippen molar-refractivity contribution >= 4 is 17.3 Å². The molecule has 2 rings (SSSR count). The summed E-state index contributed by atoms with van der Waals surface area (Å²) >= 11 is 6.39. The lowest BCUT2D eigenvalue weighted by atomic mass is 10.1. The van der Waals surface area contributed by atoms with E-state index in [1.54, 1.807) is 6.26 Å². The van der Waals surface area contributed by atoms with E-state index in [0.29, 0.717) is 0 Å². The molecule has 1 N–H and O–H groups in total. The third kappa shape index (κ3) is 3.35. The fourth-order valence-electron chi connectivity index (χ4n) is 2.30. The molecule has 0 radical (unpaired) electrons. The summed E-state index contributed by atoms with van der Waals surface area (Å²) in [5, 5.41) is 4.13. The topological polar surface area (TPSA) is 28.4 Å². The molecule has 2 aromatic rings. The third-order valence-electron chi connectivity index (χ3n) is 3.39. The van der Waals surface area contributed by atoms with Crippen molar-refractivity contribution in [2.24, 2.45) is 0 Å². The summed E-state index contributed by atoms with van der Waals surface area (Å²) in [6, 6.07) is 8.05. The van der Waals surface area contributed by atoms with Crippen molar-refractivity contribution < 1.29 is 4.42 Å². The van der Waals surface area contributed by atoms with Crippen molar-refractivity contribution in [3.8, 4) is 0 Å². The summed E-state index contributed by atoms with van der Waals surface area (Å²) in [5.74, 6) is 0.956. The summed E-state index contributed by atoms with van der Waals surface area (Å²) in [4.78, 5) is 2.17. The molecule has 0 amide bonds. The third-order valence-corrected chi connectivity index (χ3v) is 3.70. The number of benzene rings is 1. The molecule has 0 fully saturated rings. The number of para-hydroxylation sites is 1. The van der Waals surface area contributed by atoms with E-state index in [4.69, 9.17) is 16.0 Å². The lowest BCUT2D eigenvalue weighted by Gasteiger charge is -2.24. The fourth-order valence-corrected chi connectivity index (χ4v) is 2.64. The SMILES string of the molecule is CCNCc1cccc(Cl)c1N(C)Cc1ccoc1C. The lowest BCUT2D eigenvalue weighted by Crippen LogP contribution is -2.21. The first-order valence-electron chi connectivity index (χ1n) is 6.85. The molecule has 0 saturated heterocycles. The fraction of sp³-hybridized carbons (Fsp3) is 0.375. The van der Waals surface area contributed by atoms with Gasteiger partial charge in [0.1, 0.15) is 5.76 Å². The van der Waals surface area contributed by atoms with Gasteiger partial charge in [0.2, 0.25) is 0 Å². The van der Waals surface area contributed by atoms with E-state index >= 15 is 0 Å². The molecule has 0 spiro atoms. The lowest BCUT2D eigenvalue weighted by molar-refractivity contribution is 0.529. The molecule has 1 aromatic carbocycles. The van der Waals surface area contributed by atoms with Crippen LogP contribution in [0.15, 0.2) is 34.9 Å². The average molecular weight is 293 g/mol. The van der Waals surface area contributed by atoms with Gasteiger partial charge in [-0.2, -0.15) is 0 Å². The first-order valence-corrected chi connectivity index (χ1v) is 7.23. The van der Waals surface area contributed by atoms with Crippen LogP contribution in [0.2, 0.25) is 5.02 Å². The molecule has 0 aliphatic rings. The number of nitrogens with zero attached hydrogens (tertiary/aromatic N) is 1. The van der Waals surface area contributed by atoms with Crippen LogP contribution in [0.25, 0.3) is 0 Å². The molecule has 20 heavy (non-hydrogen) atoms. The second-order valence-electron chi connectivity index (χ2n) is 4.89. The molecular weight excluding hydrogens is 272 g/mol. The number of hydrogen-bond acceptors (Lipinski definition) is 3. The van der Waals surface area contributed by atoms with E-state index < -0.39 is 0 Å². The van der Waals surface area contributed by atoms with Gasteiger partial charge in [0.15, 0.2) is 0 Å². The van der Waals surface area contributed by atoms with Gasteiger partial charge in [-0.25, -0.2) is 0 Å². The van der Waals surface area contributed by atoms with Gasteiger partial charge in [-0.05, 0) is 31.2 Å². The summed E-state index contributed by atoms with van der Waals surface area (Å²) in [6.45, 7) is 6.63. The first kappa shape index (κ1) is 14.9. The Bertz CT molecular complexity index is 565. The number of rotatable bonds is 6. The van der Waals surface area contributed by atoms with Crippen LogP contribution < -0.4 is 10.2 Å². The quantitative estimate of drug-likeness (QED) is 0.873. The van der Waals surface area contributed by atoms with Crippen molar-refractivity contribution in [3.05, 3.63) is 52.4 Å². The molecule has 0 aliphatic heterocycles. The van der Waals surface area contributed by atoms with Gasteiger partial charge in [0, 0.05) is 25.7 Å². The zero-order valence-electron chi connectivity index (χ0n) is 12.2. The van der Waals surface area contributed by atoms with Crippen molar-refractivity contribution in [2.75, 3.05) is 18.5 Å². The molecule has 0 aliphatic carbocycles. The second kappa shape index (κ2) is 6.82. The Hall–Kier alpha value is -1.45. The van der Waals surface area contributed by atoms with Crippen LogP contribution in [0, 0.1) is 6.92 Å². The molecule has 0 saturated carbocycles. The maximum absolute atomic E-state index is 6.39. The highest BCUT2D eigenvalue weighted by molar-refractivity contribution is 6.33. The van der Waals surface area contributed by atoms with Crippen LogP contribution in [0.5, 0.6) is 0 Å². The van der Waals surface area contributed by atoms with Crippen LogP contribution in [-0.4, -0.2) is 13.6 Å². The monoisotopic (exact) mass is 292 g/mol.